The number of carbonyl (C=O) groups is 2. The van der Waals surface area contributed by atoms with E-state index in [0.29, 0.717) is 23.8 Å². The second-order valence-electron chi connectivity index (χ2n) is 6.70. The van der Waals surface area contributed by atoms with Gasteiger partial charge in [-0.05, 0) is 36.2 Å². The summed E-state index contributed by atoms with van der Waals surface area (Å²) in [5, 5.41) is 7.69. The number of benzene rings is 2. The monoisotopic (exact) mass is 461 g/mol. The molecule has 9 heteroatoms. The molecule has 0 saturated heterocycles. The lowest BCUT2D eigenvalue weighted by molar-refractivity contribution is -0.124. The minimum Gasteiger partial charge on any atom is -0.497 e. The fourth-order valence-electron chi connectivity index (χ4n) is 2.88. The maximum absolute atomic E-state index is 12.5. The van der Waals surface area contributed by atoms with Crippen molar-refractivity contribution in [2.45, 2.75) is 20.0 Å². The number of nitrogens with one attached hydrogen (secondary N) is 1. The van der Waals surface area contributed by atoms with E-state index in [1.54, 1.807) is 32.2 Å². The number of halogens is 2. The second-order valence-corrected chi connectivity index (χ2v) is 7.47. The molecule has 0 bridgehead atoms. The highest BCUT2D eigenvalue weighted by atomic mass is 35.5. The lowest BCUT2D eigenvalue weighted by Gasteiger charge is -2.08. The molecule has 7 nitrogen and oxygen atoms in total. The van der Waals surface area contributed by atoms with Gasteiger partial charge in [0.15, 0.2) is 6.61 Å². The summed E-state index contributed by atoms with van der Waals surface area (Å²) in [5.74, 6) is -0.416. The van der Waals surface area contributed by atoms with Crippen LogP contribution in [-0.2, 0) is 22.6 Å². The molecule has 0 aliphatic rings. The third-order valence-electron chi connectivity index (χ3n) is 4.53. The summed E-state index contributed by atoms with van der Waals surface area (Å²) in [4.78, 5) is 24.5. The molecule has 0 fully saturated rings. The van der Waals surface area contributed by atoms with E-state index in [4.69, 9.17) is 32.7 Å². The molecular weight excluding hydrogens is 441 g/mol. The van der Waals surface area contributed by atoms with Crippen molar-refractivity contribution in [2.24, 2.45) is 0 Å². The first-order chi connectivity index (χ1) is 14.9. The van der Waals surface area contributed by atoms with Crippen LogP contribution in [0.3, 0.4) is 0 Å². The van der Waals surface area contributed by atoms with Crippen molar-refractivity contribution < 1.29 is 19.1 Å². The van der Waals surface area contributed by atoms with Crippen molar-refractivity contribution in [1.82, 2.24) is 15.1 Å². The zero-order valence-corrected chi connectivity index (χ0v) is 18.5. The number of amides is 1. The van der Waals surface area contributed by atoms with E-state index in [1.807, 2.05) is 30.3 Å². The van der Waals surface area contributed by atoms with E-state index < -0.39 is 18.5 Å². The Morgan fingerprint density at radius 2 is 1.81 bits per heavy atom. The third kappa shape index (κ3) is 5.77. The minimum atomic E-state index is -0.715. The molecule has 0 aliphatic heterocycles. The fourth-order valence-corrected chi connectivity index (χ4v) is 3.38. The molecule has 1 aromatic heterocycles. The molecule has 0 radical (unpaired) electrons. The number of aromatic nitrogens is 2. The number of methoxy groups -OCH3 is 1. The van der Waals surface area contributed by atoms with E-state index in [-0.39, 0.29) is 10.7 Å². The Balaban J connectivity index is 1.56. The highest BCUT2D eigenvalue weighted by Crippen LogP contribution is 2.24. The van der Waals surface area contributed by atoms with E-state index in [0.717, 1.165) is 16.9 Å². The summed E-state index contributed by atoms with van der Waals surface area (Å²) in [7, 11) is 1.58. The van der Waals surface area contributed by atoms with Crippen molar-refractivity contribution in [3.8, 4) is 5.75 Å². The molecule has 1 N–H and O–H groups in total. The highest BCUT2D eigenvalue weighted by molar-refractivity contribution is 6.33. The SMILES string of the molecule is COc1ccc(CNC(=O)COC(=O)c2c(C)nn(Cc3ccccc3Cl)c2Cl)cc1. The predicted octanol–water partition coefficient (Wildman–Crippen LogP) is 4.03. The summed E-state index contributed by atoms with van der Waals surface area (Å²) in [5.41, 5.74) is 2.23. The normalized spacial score (nSPS) is 10.6. The van der Waals surface area contributed by atoms with E-state index in [9.17, 15) is 9.59 Å². The maximum Gasteiger partial charge on any atom is 0.343 e. The Bertz CT molecular complexity index is 1080. The van der Waals surface area contributed by atoms with Gasteiger partial charge in [-0.25, -0.2) is 9.48 Å². The Kier molecular flexibility index (Phi) is 7.55. The number of aryl methyl sites for hydroxylation is 1. The Labute approximate surface area is 189 Å². The van der Waals surface area contributed by atoms with Crippen LogP contribution in [0, 0.1) is 6.92 Å². The van der Waals surface area contributed by atoms with Crippen LogP contribution in [0.4, 0.5) is 0 Å². The first-order valence-corrected chi connectivity index (χ1v) is 10.2. The van der Waals surface area contributed by atoms with Gasteiger partial charge in [0.2, 0.25) is 0 Å². The Morgan fingerprint density at radius 1 is 1.10 bits per heavy atom. The zero-order valence-electron chi connectivity index (χ0n) is 17.0. The number of hydrogen-bond acceptors (Lipinski definition) is 5. The zero-order chi connectivity index (χ0) is 22.4. The van der Waals surface area contributed by atoms with Crippen LogP contribution in [0.1, 0.15) is 27.2 Å². The van der Waals surface area contributed by atoms with Crippen LogP contribution in [0.25, 0.3) is 0 Å². The maximum atomic E-state index is 12.5. The summed E-state index contributed by atoms with van der Waals surface area (Å²) >= 11 is 12.5. The first kappa shape index (κ1) is 22.7. The summed E-state index contributed by atoms with van der Waals surface area (Å²) < 4.78 is 11.7. The molecule has 162 valence electrons. The van der Waals surface area contributed by atoms with Gasteiger partial charge in [0.1, 0.15) is 16.5 Å². The van der Waals surface area contributed by atoms with Gasteiger partial charge in [-0.1, -0.05) is 53.5 Å². The minimum absolute atomic E-state index is 0.122. The van der Waals surface area contributed by atoms with Gasteiger partial charge in [-0.15, -0.1) is 0 Å². The van der Waals surface area contributed by atoms with Crippen molar-refractivity contribution in [3.05, 3.63) is 81.1 Å². The van der Waals surface area contributed by atoms with Crippen molar-refractivity contribution in [1.29, 1.82) is 0 Å². The lowest BCUT2D eigenvalue weighted by atomic mass is 10.2. The van der Waals surface area contributed by atoms with Crippen molar-refractivity contribution in [2.75, 3.05) is 13.7 Å². The molecule has 0 unspecified atom stereocenters. The van der Waals surface area contributed by atoms with Gasteiger partial charge < -0.3 is 14.8 Å². The summed E-state index contributed by atoms with van der Waals surface area (Å²) in [6.07, 6.45) is 0. The van der Waals surface area contributed by atoms with Crippen molar-refractivity contribution >= 4 is 35.1 Å². The number of rotatable bonds is 8. The van der Waals surface area contributed by atoms with Crippen LogP contribution in [0.2, 0.25) is 10.2 Å². The van der Waals surface area contributed by atoms with Crippen molar-refractivity contribution in [3.63, 3.8) is 0 Å². The average Bonchev–Trinajstić information content (AvgIpc) is 3.05. The van der Waals surface area contributed by atoms with Gasteiger partial charge >= 0.3 is 5.97 Å². The van der Waals surface area contributed by atoms with Crippen LogP contribution in [-0.4, -0.2) is 35.4 Å². The summed E-state index contributed by atoms with van der Waals surface area (Å²) in [6.45, 7) is 1.82. The summed E-state index contributed by atoms with van der Waals surface area (Å²) in [6, 6.07) is 14.6. The smallest absolute Gasteiger partial charge is 0.343 e. The van der Waals surface area contributed by atoms with E-state index in [1.165, 1.54) is 4.68 Å². The molecule has 0 aliphatic carbocycles. The standard InChI is InChI=1S/C22H21Cl2N3O4/c1-14-20(21(24)27(26-14)12-16-5-3-4-6-18(16)23)22(29)31-13-19(28)25-11-15-7-9-17(30-2)10-8-15/h3-10H,11-13H2,1-2H3,(H,25,28). The second kappa shape index (κ2) is 10.3. The molecule has 1 heterocycles. The highest BCUT2D eigenvalue weighted by Gasteiger charge is 2.23. The van der Waals surface area contributed by atoms with Crippen LogP contribution in [0.15, 0.2) is 48.5 Å². The molecule has 2 aromatic carbocycles. The predicted molar refractivity (Wildman–Crippen MR) is 118 cm³/mol. The first-order valence-electron chi connectivity index (χ1n) is 9.42. The molecule has 3 aromatic rings. The van der Waals surface area contributed by atoms with E-state index >= 15 is 0 Å². The van der Waals surface area contributed by atoms with Gasteiger partial charge in [0.25, 0.3) is 5.91 Å². The third-order valence-corrected chi connectivity index (χ3v) is 5.28. The molecule has 3 rings (SSSR count). The molecule has 0 spiro atoms. The number of carbonyl (C=O) groups excluding carboxylic acids is 2. The Morgan fingerprint density at radius 3 is 2.48 bits per heavy atom. The lowest BCUT2D eigenvalue weighted by Crippen LogP contribution is -2.28. The largest absolute Gasteiger partial charge is 0.497 e. The molecule has 0 atom stereocenters. The van der Waals surface area contributed by atoms with Gasteiger partial charge in [-0.3, -0.25) is 4.79 Å². The van der Waals surface area contributed by atoms with Crippen LogP contribution in [0.5, 0.6) is 5.75 Å². The molecule has 31 heavy (non-hydrogen) atoms. The number of nitrogens with zero attached hydrogens (tertiary/aromatic N) is 2. The van der Waals surface area contributed by atoms with Crippen LogP contribution >= 0.6 is 23.2 Å². The molecule has 1 amide bonds. The van der Waals surface area contributed by atoms with E-state index in [2.05, 4.69) is 10.4 Å². The topological polar surface area (TPSA) is 82.4 Å². The quantitative estimate of drug-likeness (QED) is 0.512. The van der Waals surface area contributed by atoms with Gasteiger partial charge in [0.05, 0.1) is 19.3 Å². The molecular formula is C22H21Cl2N3O4. The van der Waals surface area contributed by atoms with Gasteiger partial charge in [0, 0.05) is 11.6 Å². The number of esters is 1. The number of ether oxygens (including phenoxy) is 2. The van der Waals surface area contributed by atoms with Crippen LogP contribution < -0.4 is 10.1 Å². The fraction of sp³-hybridized carbons (Fsp3) is 0.227. The molecule has 0 saturated carbocycles. The van der Waals surface area contributed by atoms with Gasteiger partial charge in [-0.2, -0.15) is 5.10 Å². The average molecular weight is 462 g/mol. The number of hydrogen-bond donors (Lipinski definition) is 1. The Hall–Kier alpha value is -3.03.